The molecule has 0 bridgehead atoms. The summed E-state index contributed by atoms with van der Waals surface area (Å²) in [6.07, 6.45) is 0.530. The summed E-state index contributed by atoms with van der Waals surface area (Å²) in [6, 6.07) is 11.5. The van der Waals surface area contributed by atoms with E-state index >= 15 is 0 Å². The lowest BCUT2D eigenvalue weighted by Crippen LogP contribution is -2.46. The van der Waals surface area contributed by atoms with Crippen LogP contribution in [0.4, 0.5) is 5.69 Å². The van der Waals surface area contributed by atoms with Crippen molar-refractivity contribution in [1.82, 2.24) is 5.32 Å². The van der Waals surface area contributed by atoms with E-state index in [1.165, 1.54) is 6.92 Å². The molecular formula is C15H14N2O2. The fourth-order valence-corrected chi connectivity index (χ4v) is 2.55. The van der Waals surface area contributed by atoms with Crippen LogP contribution in [-0.2, 0) is 16.0 Å². The van der Waals surface area contributed by atoms with Gasteiger partial charge in [-0.2, -0.15) is 0 Å². The van der Waals surface area contributed by atoms with Crippen LogP contribution < -0.4 is 10.6 Å². The molecule has 2 amide bonds. The molecule has 0 aliphatic carbocycles. The van der Waals surface area contributed by atoms with Gasteiger partial charge in [-0.3, -0.25) is 9.59 Å². The number of hydrogen-bond acceptors (Lipinski definition) is 2. The van der Waals surface area contributed by atoms with Crippen LogP contribution in [0, 0.1) is 0 Å². The molecule has 1 atom stereocenters. The van der Waals surface area contributed by atoms with Crippen molar-refractivity contribution in [3.8, 4) is 0 Å². The monoisotopic (exact) mass is 254 g/mol. The van der Waals surface area contributed by atoms with Crippen molar-refractivity contribution < 1.29 is 9.59 Å². The Morgan fingerprint density at radius 2 is 2.05 bits per heavy atom. The van der Waals surface area contributed by atoms with E-state index in [9.17, 15) is 9.59 Å². The highest BCUT2D eigenvalue weighted by Crippen LogP contribution is 2.30. The van der Waals surface area contributed by atoms with Crippen LogP contribution >= 0.6 is 0 Å². The molecular weight excluding hydrogens is 240 g/mol. The number of rotatable bonds is 1. The third-order valence-electron chi connectivity index (χ3n) is 3.40. The predicted molar refractivity (Wildman–Crippen MR) is 73.9 cm³/mol. The van der Waals surface area contributed by atoms with Gasteiger partial charge in [-0.15, -0.1) is 0 Å². The van der Waals surface area contributed by atoms with Crippen LogP contribution in [0.25, 0.3) is 10.8 Å². The van der Waals surface area contributed by atoms with Crippen LogP contribution in [0.1, 0.15) is 12.5 Å². The molecule has 0 saturated carbocycles. The highest BCUT2D eigenvalue weighted by molar-refractivity contribution is 6.03. The molecule has 0 saturated heterocycles. The molecule has 0 spiro atoms. The number of carbonyl (C=O) groups excluding carboxylic acids is 2. The maximum absolute atomic E-state index is 11.9. The summed E-state index contributed by atoms with van der Waals surface area (Å²) >= 11 is 0. The third-order valence-corrected chi connectivity index (χ3v) is 3.40. The predicted octanol–water partition coefficient (Wildman–Crippen LogP) is 1.84. The molecule has 2 aromatic carbocycles. The van der Waals surface area contributed by atoms with Crippen molar-refractivity contribution in [1.29, 1.82) is 0 Å². The standard InChI is InChI=1S/C15H14N2O2/c1-9(18)16-14-8-12-11-5-3-2-4-10(11)6-7-13(12)17-15(14)19/h2-7,14H,8H2,1H3,(H,16,18)(H,17,19). The molecule has 2 N–H and O–H groups in total. The zero-order valence-corrected chi connectivity index (χ0v) is 10.6. The van der Waals surface area contributed by atoms with Gasteiger partial charge in [0.1, 0.15) is 6.04 Å². The zero-order chi connectivity index (χ0) is 13.4. The number of nitrogens with one attached hydrogen (secondary N) is 2. The SMILES string of the molecule is CC(=O)NC1Cc2c(ccc3ccccc23)NC1=O. The first-order valence-corrected chi connectivity index (χ1v) is 6.24. The van der Waals surface area contributed by atoms with E-state index in [2.05, 4.69) is 10.6 Å². The Bertz CT molecular complexity index is 679. The van der Waals surface area contributed by atoms with Crippen LogP contribution in [0.5, 0.6) is 0 Å². The minimum Gasteiger partial charge on any atom is -0.344 e. The molecule has 3 rings (SSSR count). The van der Waals surface area contributed by atoms with Crippen LogP contribution in [-0.4, -0.2) is 17.9 Å². The van der Waals surface area contributed by atoms with E-state index in [1.54, 1.807) is 0 Å². The first-order valence-electron chi connectivity index (χ1n) is 6.24. The number of anilines is 1. The number of hydrogen-bond donors (Lipinski definition) is 2. The summed E-state index contributed by atoms with van der Waals surface area (Å²) in [6.45, 7) is 1.42. The summed E-state index contributed by atoms with van der Waals surface area (Å²) in [5.74, 6) is -0.346. The van der Waals surface area contributed by atoms with Crippen molar-refractivity contribution in [2.45, 2.75) is 19.4 Å². The Hall–Kier alpha value is -2.36. The maximum atomic E-state index is 11.9. The molecule has 4 heteroatoms. The van der Waals surface area contributed by atoms with Crippen molar-refractivity contribution in [2.75, 3.05) is 5.32 Å². The summed E-state index contributed by atoms with van der Waals surface area (Å²) < 4.78 is 0. The minimum absolute atomic E-state index is 0.155. The topological polar surface area (TPSA) is 58.2 Å². The zero-order valence-electron chi connectivity index (χ0n) is 10.6. The van der Waals surface area contributed by atoms with Crippen LogP contribution in [0.2, 0.25) is 0 Å². The molecule has 2 aromatic rings. The Kier molecular flexibility index (Phi) is 2.71. The Labute approximate surface area is 110 Å². The smallest absolute Gasteiger partial charge is 0.247 e. The molecule has 0 radical (unpaired) electrons. The number of carbonyl (C=O) groups is 2. The van der Waals surface area contributed by atoms with Crippen LogP contribution in [0.15, 0.2) is 36.4 Å². The van der Waals surface area contributed by atoms with E-state index in [0.717, 1.165) is 22.0 Å². The van der Waals surface area contributed by atoms with Gasteiger partial charge < -0.3 is 10.6 Å². The summed E-state index contributed by atoms with van der Waals surface area (Å²) in [5, 5.41) is 7.80. The van der Waals surface area contributed by atoms with Gasteiger partial charge >= 0.3 is 0 Å². The van der Waals surface area contributed by atoms with Gasteiger partial charge in [0, 0.05) is 19.0 Å². The Morgan fingerprint density at radius 1 is 1.26 bits per heavy atom. The van der Waals surface area contributed by atoms with Gasteiger partial charge in [0.2, 0.25) is 11.8 Å². The van der Waals surface area contributed by atoms with E-state index in [-0.39, 0.29) is 11.8 Å². The fraction of sp³-hybridized carbons (Fsp3) is 0.200. The second-order valence-corrected chi connectivity index (χ2v) is 4.76. The highest BCUT2D eigenvalue weighted by atomic mass is 16.2. The molecule has 0 aromatic heterocycles. The van der Waals surface area contributed by atoms with Crippen LogP contribution in [0.3, 0.4) is 0 Å². The van der Waals surface area contributed by atoms with Crippen molar-refractivity contribution >= 4 is 28.3 Å². The van der Waals surface area contributed by atoms with Gasteiger partial charge in [-0.25, -0.2) is 0 Å². The maximum Gasteiger partial charge on any atom is 0.247 e. The molecule has 96 valence electrons. The van der Waals surface area contributed by atoms with Gasteiger partial charge in [-0.05, 0) is 22.4 Å². The average Bonchev–Trinajstić information content (AvgIpc) is 2.39. The van der Waals surface area contributed by atoms with Crippen molar-refractivity contribution in [3.05, 3.63) is 42.0 Å². The summed E-state index contributed by atoms with van der Waals surface area (Å²) in [7, 11) is 0. The number of benzene rings is 2. The second kappa shape index (κ2) is 4.39. The Balaban J connectivity index is 2.08. The summed E-state index contributed by atoms with van der Waals surface area (Å²) in [4.78, 5) is 23.0. The van der Waals surface area contributed by atoms with E-state index < -0.39 is 6.04 Å². The van der Waals surface area contributed by atoms with Gasteiger partial charge in [0.05, 0.1) is 0 Å². The van der Waals surface area contributed by atoms with E-state index in [4.69, 9.17) is 0 Å². The largest absolute Gasteiger partial charge is 0.344 e. The van der Waals surface area contributed by atoms with Gasteiger partial charge in [-0.1, -0.05) is 30.3 Å². The van der Waals surface area contributed by atoms with Gasteiger partial charge in [0.15, 0.2) is 0 Å². The third kappa shape index (κ3) is 2.05. The first kappa shape index (κ1) is 11.7. The molecule has 19 heavy (non-hydrogen) atoms. The quantitative estimate of drug-likeness (QED) is 0.815. The highest BCUT2D eigenvalue weighted by Gasteiger charge is 2.27. The second-order valence-electron chi connectivity index (χ2n) is 4.76. The molecule has 0 fully saturated rings. The molecule has 1 aliphatic heterocycles. The fourth-order valence-electron chi connectivity index (χ4n) is 2.55. The van der Waals surface area contributed by atoms with E-state index in [0.29, 0.717) is 6.42 Å². The lowest BCUT2D eigenvalue weighted by molar-refractivity contribution is -0.125. The van der Waals surface area contributed by atoms with Gasteiger partial charge in [0.25, 0.3) is 0 Å². The first-order chi connectivity index (χ1) is 9.15. The minimum atomic E-state index is -0.490. The van der Waals surface area contributed by atoms with E-state index in [1.807, 2.05) is 36.4 Å². The molecule has 1 unspecified atom stereocenters. The van der Waals surface area contributed by atoms with Crippen molar-refractivity contribution in [2.24, 2.45) is 0 Å². The summed E-state index contributed by atoms with van der Waals surface area (Å²) in [5.41, 5.74) is 1.92. The average molecular weight is 254 g/mol. The normalized spacial score (nSPS) is 17.7. The number of fused-ring (bicyclic) bond motifs is 3. The van der Waals surface area contributed by atoms with Crippen molar-refractivity contribution in [3.63, 3.8) is 0 Å². The Morgan fingerprint density at radius 3 is 2.84 bits per heavy atom. The lowest BCUT2D eigenvalue weighted by Gasteiger charge is -2.26. The molecule has 1 heterocycles. The molecule has 4 nitrogen and oxygen atoms in total. The molecule has 1 aliphatic rings. The lowest BCUT2D eigenvalue weighted by atomic mass is 9.93. The number of amides is 2.